The van der Waals surface area contributed by atoms with Gasteiger partial charge < -0.3 is 5.32 Å². The standard InChI is InChI=1S/C14H21N5/c1-10(2)8-12-4-6-13(7-5-12)11(3)15-9-14-16-18-19-17-14/h4-7,10-11,15H,8-9H2,1-3H3,(H,16,17,18,19). The second-order valence-electron chi connectivity index (χ2n) is 5.27. The van der Waals surface area contributed by atoms with Crippen LogP contribution in [0.25, 0.3) is 0 Å². The van der Waals surface area contributed by atoms with Gasteiger partial charge in [0.15, 0.2) is 5.82 Å². The van der Waals surface area contributed by atoms with E-state index in [0.717, 1.165) is 6.42 Å². The van der Waals surface area contributed by atoms with Crippen molar-refractivity contribution in [1.82, 2.24) is 25.9 Å². The van der Waals surface area contributed by atoms with Gasteiger partial charge in [-0.05, 0) is 30.4 Å². The van der Waals surface area contributed by atoms with Gasteiger partial charge in [0.1, 0.15) is 0 Å². The van der Waals surface area contributed by atoms with Gasteiger partial charge in [-0.15, -0.1) is 10.2 Å². The van der Waals surface area contributed by atoms with E-state index in [4.69, 9.17) is 0 Å². The monoisotopic (exact) mass is 259 g/mol. The molecule has 0 radical (unpaired) electrons. The van der Waals surface area contributed by atoms with Crippen LogP contribution in [0.15, 0.2) is 24.3 Å². The van der Waals surface area contributed by atoms with Crippen LogP contribution in [0.4, 0.5) is 0 Å². The summed E-state index contributed by atoms with van der Waals surface area (Å²) < 4.78 is 0. The minimum absolute atomic E-state index is 0.270. The number of nitrogens with zero attached hydrogens (tertiary/aromatic N) is 3. The predicted molar refractivity (Wildman–Crippen MR) is 74.4 cm³/mol. The first-order valence-corrected chi connectivity index (χ1v) is 6.69. The van der Waals surface area contributed by atoms with E-state index >= 15 is 0 Å². The van der Waals surface area contributed by atoms with Crippen LogP contribution in [-0.4, -0.2) is 20.6 Å². The van der Waals surface area contributed by atoms with Crippen molar-refractivity contribution in [1.29, 1.82) is 0 Å². The van der Waals surface area contributed by atoms with Crippen molar-refractivity contribution in [3.05, 3.63) is 41.2 Å². The summed E-state index contributed by atoms with van der Waals surface area (Å²) in [5, 5.41) is 17.2. The molecular weight excluding hydrogens is 238 g/mol. The molecule has 5 nitrogen and oxygen atoms in total. The number of hydrogen-bond donors (Lipinski definition) is 2. The van der Waals surface area contributed by atoms with Gasteiger partial charge in [-0.3, -0.25) is 0 Å². The summed E-state index contributed by atoms with van der Waals surface area (Å²) in [6.07, 6.45) is 1.13. The largest absolute Gasteiger partial charge is 0.303 e. The van der Waals surface area contributed by atoms with Crippen LogP contribution in [0.3, 0.4) is 0 Å². The zero-order valence-corrected chi connectivity index (χ0v) is 11.7. The number of hydrogen-bond acceptors (Lipinski definition) is 4. The molecule has 2 N–H and O–H groups in total. The Morgan fingerprint density at radius 1 is 1.16 bits per heavy atom. The molecule has 2 aromatic rings. The van der Waals surface area contributed by atoms with Crippen LogP contribution < -0.4 is 5.32 Å². The molecule has 0 fully saturated rings. The van der Waals surface area contributed by atoms with Gasteiger partial charge in [-0.1, -0.05) is 43.3 Å². The SMILES string of the molecule is CC(C)Cc1ccc(C(C)NCc2nn[nH]n2)cc1. The summed E-state index contributed by atoms with van der Waals surface area (Å²) in [7, 11) is 0. The predicted octanol–water partition coefficient (Wildman–Crippen LogP) is 2.25. The van der Waals surface area contributed by atoms with Crippen molar-refractivity contribution in [2.24, 2.45) is 5.92 Å². The molecule has 0 saturated heterocycles. The number of rotatable bonds is 6. The molecule has 0 spiro atoms. The van der Waals surface area contributed by atoms with Crippen molar-refractivity contribution in [3.8, 4) is 0 Å². The first-order valence-electron chi connectivity index (χ1n) is 6.69. The van der Waals surface area contributed by atoms with Crippen molar-refractivity contribution in [2.75, 3.05) is 0 Å². The van der Waals surface area contributed by atoms with Crippen LogP contribution >= 0.6 is 0 Å². The van der Waals surface area contributed by atoms with Crippen molar-refractivity contribution in [2.45, 2.75) is 39.8 Å². The van der Waals surface area contributed by atoms with Crippen LogP contribution in [0.1, 0.15) is 43.8 Å². The maximum atomic E-state index is 3.92. The Kier molecular flexibility index (Phi) is 4.63. The van der Waals surface area contributed by atoms with E-state index in [2.05, 4.69) is 71.0 Å². The van der Waals surface area contributed by atoms with Gasteiger partial charge in [0, 0.05) is 6.04 Å². The fourth-order valence-corrected chi connectivity index (χ4v) is 2.03. The molecule has 1 atom stereocenters. The Morgan fingerprint density at radius 2 is 1.89 bits per heavy atom. The second kappa shape index (κ2) is 6.43. The number of aromatic nitrogens is 4. The van der Waals surface area contributed by atoms with Gasteiger partial charge in [-0.25, -0.2) is 0 Å². The Morgan fingerprint density at radius 3 is 2.47 bits per heavy atom. The zero-order chi connectivity index (χ0) is 13.7. The molecule has 1 aromatic carbocycles. The van der Waals surface area contributed by atoms with Crippen molar-refractivity contribution >= 4 is 0 Å². The van der Waals surface area contributed by atoms with Crippen LogP contribution in [0.5, 0.6) is 0 Å². The molecule has 0 saturated carbocycles. The van der Waals surface area contributed by atoms with E-state index in [-0.39, 0.29) is 6.04 Å². The summed E-state index contributed by atoms with van der Waals surface area (Å²) in [5.41, 5.74) is 2.67. The highest BCUT2D eigenvalue weighted by Crippen LogP contribution is 2.15. The lowest BCUT2D eigenvalue weighted by Gasteiger charge is -2.14. The molecule has 0 bridgehead atoms. The molecule has 1 unspecified atom stereocenters. The molecule has 2 rings (SSSR count). The van der Waals surface area contributed by atoms with E-state index < -0.39 is 0 Å². The highest BCUT2D eigenvalue weighted by Gasteiger charge is 2.07. The van der Waals surface area contributed by atoms with Gasteiger partial charge in [-0.2, -0.15) is 5.21 Å². The lowest BCUT2D eigenvalue weighted by Crippen LogP contribution is -2.18. The maximum Gasteiger partial charge on any atom is 0.188 e. The smallest absolute Gasteiger partial charge is 0.188 e. The molecule has 1 heterocycles. The molecular formula is C14H21N5. The number of H-pyrrole nitrogens is 1. The quantitative estimate of drug-likeness (QED) is 0.835. The fraction of sp³-hybridized carbons (Fsp3) is 0.500. The molecule has 19 heavy (non-hydrogen) atoms. The van der Waals surface area contributed by atoms with Gasteiger partial charge in [0.05, 0.1) is 6.54 Å². The summed E-state index contributed by atoms with van der Waals surface area (Å²) in [4.78, 5) is 0. The van der Waals surface area contributed by atoms with E-state index in [1.807, 2.05) is 0 Å². The molecule has 0 amide bonds. The average molecular weight is 259 g/mol. The first kappa shape index (κ1) is 13.7. The summed E-state index contributed by atoms with van der Waals surface area (Å²) >= 11 is 0. The average Bonchev–Trinajstić information content (AvgIpc) is 2.89. The van der Waals surface area contributed by atoms with E-state index in [1.165, 1.54) is 11.1 Å². The van der Waals surface area contributed by atoms with E-state index in [0.29, 0.717) is 18.3 Å². The van der Waals surface area contributed by atoms with Gasteiger partial charge >= 0.3 is 0 Å². The molecule has 5 heteroatoms. The second-order valence-corrected chi connectivity index (χ2v) is 5.27. The molecule has 0 aliphatic carbocycles. The maximum absolute atomic E-state index is 3.92. The van der Waals surface area contributed by atoms with Crippen LogP contribution in [0, 0.1) is 5.92 Å². The molecule has 0 aliphatic rings. The third-order valence-corrected chi connectivity index (χ3v) is 3.08. The van der Waals surface area contributed by atoms with E-state index in [1.54, 1.807) is 0 Å². The first-order chi connectivity index (χ1) is 9.15. The van der Waals surface area contributed by atoms with Crippen molar-refractivity contribution < 1.29 is 0 Å². The Balaban J connectivity index is 1.90. The third-order valence-electron chi connectivity index (χ3n) is 3.08. The highest BCUT2D eigenvalue weighted by molar-refractivity contribution is 5.25. The van der Waals surface area contributed by atoms with Crippen LogP contribution in [0.2, 0.25) is 0 Å². The number of tetrazole rings is 1. The van der Waals surface area contributed by atoms with Crippen LogP contribution in [-0.2, 0) is 13.0 Å². The number of benzene rings is 1. The fourth-order valence-electron chi connectivity index (χ4n) is 2.03. The summed E-state index contributed by atoms with van der Waals surface area (Å²) in [6.45, 7) is 7.23. The van der Waals surface area contributed by atoms with Crippen molar-refractivity contribution in [3.63, 3.8) is 0 Å². The Bertz CT molecular complexity index is 475. The lowest BCUT2D eigenvalue weighted by molar-refractivity contribution is 0.559. The number of aromatic amines is 1. The topological polar surface area (TPSA) is 66.5 Å². The van der Waals surface area contributed by atoms with E-state index in [9.17, 15) is 0 Å². The zero-order valence-electron chi connectivity index (χ0n) is 11.7. The molecule has 0 aliphatic heterocycles. The van der Waals surface area contributed by atoms with Gasteiger partial charge in [0.2, 0.25) is 0 Å². The minimum atomic E-state index is 0.270. The number of nitrogens with one attached hydrogen (secondary N) is 2. The minimum Gasteiger partial charge on any atom is -0.303 e. The Hall–Kier alpha value is -1.75. The third kappa shape index (κ3) is 4.13. The molecule has 102 valence electrons. The lowest BCUT2D eigenvalue weighted by atomic mass is 10.00. The summed E-state index contributed by atoms with van der Waals surface area (Å²) in [5.74, 6) is 1.38. The highest BCUT2D eigenvalue weighted by atomic mass is 15.5. The molecule has 1 aromatic heterocycles. The van der Waals surface area contributed by atoms with Gasteiger partial charge in [0.25, 0.3) is 0 Å². The Labute approximate surface area is 113 Å². The normalized spacial score (nSPS) is 12.8. The summed E-state index contributed by atoms with van der Waals surface area (Å²) in [6, 6.07) is 9.06.